The zero-order chi connectivity index (χ0) is 26.2. The second kappa shape index (κ2) is 12.8. The monoisotopic (exact) mass is 517 g/mol. The summed E-state index contributed by atoms with van der Waals surface area (Å²) in [5.74, 6) is 1.99. The number of piperidine rings is 1. The average Bonchev–Trinajstić information content (AvgIpc) is 3.35. The number of ether oxygens (including phenoxy) is 3. The van der Waals surface area contributed by atoms with Crippen LogP contribution in [-0.4, -0.2) is 77.3 Å². The fourth-order valence-electron chi connectivity index (χ4n) is 4.74. The minimum atomic E-state index is 0.239. The molecule has 4 aromatic rings. The molecule has 0 radical (unpaired) electrons. The van der Waals surface area contributed by atoms with Crippen LogP contribution in [0.3, 0.4) is 0 Å². The van der Waals surface area contributed by atoms with Crippen LogP contribution in [0.25, 0.3) is 22.3 Å². The van der Waals surface area contributed by atoms with Crippen molar-refractivity contribution in [3.05, 3.63) is 60.9 Å². The third-order valence-corrected chi connectivity index (χ3v) is 6.71. The second-order valence-electron chi connectivity index (χ2n) is 9.28. The molecule has 0 amide bonds. The van der Waals surface area contributed by atoms with Gasteiger partial charge in [-0.25, -0.2) is 14.6 Å². The van der Waals surface area contributed by atoms with Crippen LogP contribution in [0.5, 0.6) is 11.5 Å². The lowest BCUT2D eigenvalue weighted by atomic mass is 10.1. The Hall–Kier alpha value is -3.57. The number of nitrogen functional groups attached to an aromatic ring is 1. The molecule has 1 fully saturated rings. The van der Waals surface area contributed by atoms with E-state index in [1.807, 2.05) is 59.3 Å². The summed E-state index contributed by atoms with van der Waals surface area (Å²) in [6.07, 6.45) is 3.47. The first-order chi connectivity index (χ1) is 18.7. The van der Waals surface area contributed by atoms with Gasteiger partial charge in [0.05, 0.1) is 37.9 Å². The van der Waals surface area contributed by atoms with E-state index in [2.05, 4.69) is 14.9 Å². The molecule has 5 rings (SSSR count). The maximum absolute atomic E-state index is 6.33. The number of nitrogens with two attached hydrogens (primary N) is 2. The summed E-state index contributed by atoms with van der Waals surface area (Å²) in [6, 6.07) is 17.8. The van der Waals surface area contributed by atoms with Gasteiger partial charge in [-0.2, -0.15) is 5.10 Å². The van der Waals surface area contributed by atoms with E-state index >= 15 is 0 Å². The van der Waals surface area contributed by atoms with Gasteiger partial charge in [-0.15, -0.1) is 0 Å². The van der Waals surface area contributed by atoms with E-state index in [-0.39, 0.29) is 6.04 Å². The summed E-state index contributed by atoms with van der Waals surface area (Å²) >= 11 is 0. The largest absolute Gasteiger partial charge is 0.457 e. The number of fused-ring (bicyclic) bond motifs is 1. The highest BCUT2D eigenvalue weighted by atomic mass is 16.5. The maximum Gasteiger partial charge on any atom is 0.164 e. The molecule has 38 heavy (non-hydrogen) atoms. The number of aromatic nitrogens is 4. The van der Waals surface area contributed by atoms with Crippen molar-refractivity contribution in [2.45, 2.75) is 18.9 Å². The molecule has 0 aliphatic carbocycles. The van der Waals surface area contributed by atoms with Crippen LogP contribution < -0.4 is 16.2 Å². The summed E-state index contributed by atoms with van der Waals surface area (Å²) in [5.41, 5.74) is 14.3. The highest BCUT2D eigenvalue weighted by Crippen LogP contribution is 2.35. The molecule has 1 aliphatic heterocycles. The zero-order valence-electron chi connectivity index (χ0n) is 21.5. The van der Waals surface area contributed by atoms with Gasteiger partial charge in [0.1, 0.15) is 29.3 Å². The Labute approximate surface area is 222 Å². The standard InChI is InChI=1S/C28H35N7O3/c29-12-16-36-18-19-37-17-15-34-13-10-22(11-14-34)35-28-25(27(30)31-20-32-28)26(33-35)21-6-8-24(9-7-21)38-23-4-2-1-3-5-23/h1-9,20,22H,10-19,29H2,(H2,30,31,32). The molecule has 2 aromatic heterocycles. The van der Waals surface area contributed by atoms with Crippen LogP contribution in [0.1, 0.15) is 18.9 Å². The Morgan fingerprint density at radius 2 is 1.55 bits per heavy atom. The molecule has 0 unspecified atom stereocenters. The van der Waals surface area contributed by atoms with E-state index in [9.17, 15) is 0 Å². The van der Waals surface area contributed by atoms with Crippen molar-refractivity contribution >= 4 is 16.9 Å². The van der Waals surface area contributed by atoms with Crippen molar-refractivity contribution in [1.82, 2.24) is 24.6 Å². The quantitative estimate of drug-likeness (QED) is 0.272. The van der Waals surface area contributed by atoms with Gasteiger partial charge in [0.25, 0.3) is 0 Å². The van der Waals surface area contributed by atoms with Crippen LogP contribution >= 0.6 is 0 Å². The molecule has 0 spiro atoms. The van der Waals surface area contributed by atoms with E-state index in [0.29, 0.717) is 38.8 Å². The SMILES string of the molecule is NCCOCCOCCN1CCC(n2nc(-c3ccc(Oc4ccccc4)cc3)c3c(N)ncnc32)CC1. The van der Waals surface area contributed by atoms with Crippen LogP contribution in [0, 0.1) is 0 Å². The predicted molar refractivity (Wildman–Crippen MR) is 147 cm³/mol. The lowest BCUT2D eigenvalue weighted by Crippen LogP contribution is -2.37. The van der Waals surface area contributed by atoms with Crippen molar-refractivity contribution in [2.24, 2.45) is 5.73 Å². The molecule has 3 heterocycles. The van der Waals surface area contributed by atoms with Gasteiger partial charge in [0, 0.05) is 31.7 Å². The third kappa shape index (κ3) is 6.28. The van der Waals surface area contributed by atoms with Gasteiger partial charge in [0.2, 0.25) is 0 Å². The number of benzene rings is 2. The molecule has 200 valence electrons. The smallest absolute Gasteiger partial charge is 0.164 e. The summed E-state index contributed by atoms with van der Waals surface area (Å²) in [5, 5.41) is 5.81. The van der Waals surface area contributed by atoms with Crippen molar-refractivity contribution in [2.75, 3.05) is 58.3 Å². The fourth-order valence-corrected chi connectivity index (χ4v) is 4.74. The van der Waals surface area contributed by atoms with E-state index in [1.54, 1.807) is 0 Å². The number of hydrogen-bond donors (Lipinski definition) is 2. The molecule has 0 saturated carbocycles. The van der Waals surface area contributed by atoms with E-state index in [4.69, 9.17) is 30.8 Å². The molecule has 0 bridgehead atoms. The van der Waals surface area contributed by atoms with Crippen LogP contribution in [0.2, 0.25) is 0 Å². The number of para-hydroxylation sites is 1. The molecule has 2 aromatic carbocycles. The third-order valence-electron chi connectivity index (χ3n) is 6.71. The molecule has 10 nitrogen and oxygen atoms in total. The maximum atomic E-state index is 6.33. The summed E-state index contributed by atoms with van der Waals surface area (Å²) in [6.45, 7) is 5.84. The van der Waals surface area contributed by atoms with Crippen molar-refractivity contribution < 1.29 is 14.2 Å². The number of anilines is 1. The lowest BCUT2D eigenvalue weighted by Gasteiger charge is -2.32. The Bertz CT molecular complexity index is 1290. The molecule has 4 N–H and O–H groups in total. The molecular weight excluding hydrogens is 482 g/mol. The minimum absolute atomic E-state index is 0.239. The van der Waals surface area contributed by atoms with Gasteiger partial charge in [-0.3, -0.25) is 0 Å². The highest BCUT2D eigenvalue weighted by Gasteiger charge is 2.26. The van der Waals surface area contributed by atoms with Gasteiger partial charge in [0.15, 0.2) is 5.65 Å². The predicted octanol–water partition coefficient (Wildman–Crippen LogP) is 3.50. The summed E-state index contributed by atoms with van der Waals surface area (Å²) < 4.78 is 19.0. The number of rotatable bonds is 12. The minimum Gasteiger partial charge on any atom is -0.457 e. The van der Waals surface area contributed by atoms with E-state index in [0.717, 1.165) is 66.3 Å². The average molecular weight is 518 g/mol. The van der Waals surface area contributed by atoms with Gasteiger partial charge in [-0.05, 0) is 49.2 Å². The number of hydrogen-bond acceptors (Lipinski definition) is 9. The summed E-state index contributed by atoms with van der Waals surface area (Å²) in [7, 11) is 0. The molecule has 1 aliphatic rings. The first kappa shape index (κ1) is 26.1. The Balaban J connectivity index is 1.24. The van der Waals surface area contributed by atoms with Gasteiger partial charge >= 0.3 is 0 Å². The molecule has 0 atom stereocenters. The van der Waals surface area contributed by atoms with Crippen molar-refractivity contribution in [1.29, 1.82) is 0 Å². The number of likely N-dealkylation sites (tertiary alicyclic amines) is 1. The van der Waals surface area contributed by atoms with Gasteiger partial charge < -0.3 is 30.6 Å². The van der Waals surface area contributed by atoms with Crippen LogP contribution in [0.4, 0.5) is 5.82 Å². The fraction of sp³-hybridized carbons (Fsp3) is 0.393. The number of nitrogens with zero attached hydrogens (tertiary/aromatic N) is 5. The van der Waals surface area contributed by atoms with Crippen molar-refractivity contribution in [3.63, 3.8) is 0 Å². The second-order valence-corrected chi connectivity index (χ2v) is 9.28. The van der Waals surface area contributed by atoms with Crippen LogP contribution in [-0.2, 0) is 9.47 Å². The topological polar surface area (TPSA) is 127 Å². The van der Waals surface area contributed by atoms with E-state index < -0.39 is 0 Å². The first-order valence-corrected chi connectivity index (χ1v) is 13.1. The molecule has 10 heteroatoms. The van der Waals surface area contributed by atoms with Gasteiger partial charge in [-0.1, -0.05) is 18.2 Å². The Morgan fingerprint density at radius 1 is 0.842 bits per heavy atom. The first-order valence-electron chi connectivity index (χ1n) is 13.1. The Kier molecular flexibility index (Phi) is 8.77. The summed E-state index contributed by atoms with van der Waals surface area (Å²) in [4.78, 5) is 11.3. The lowest BCUT2D eigenvalue weighted by molar-refractivity contribution is 0.0370. The van der Waals surface area contributed by atoms with Crippen molar-refractivity contribution in [3.8, 4) is 22.8 Å². The highest BCUT2D eigenvalue weighted by molar-refractivity contribution is 5.98. The molecule has 1 saturated heterocycles. The van der Waals surface area contributed by atoms with E-state index in [1.165, 1.54) is 6.33 Å². The molecular formula is C28H35N7O3. The zero-order valence-corrected chi connectivity index (χ0v) is 21.5. The van der Waals surface area contributed by atoms with Crippen LogP contribution in [0.15, 0.2) is 60.9 Å². The normalized spacial score (nSPS) is 14.8. The Morgan fingerprint density at radius 3 is 2.29 bits per heavy atom.